The summed E-state index contributed by atoms with van der Waals surface area (Å²) in [5, 5.41) is 0. The molecule has 1 rings (SSSR count). The van der Waals surface area contributed by atoms with Gasteiger partial charge in [0.25, 0.3) is 0 Å². The second-order valence-electron chi connectivity index (χ2n) is 2.86. The third-order valence-corrected chi connectivity index (χ3v) is 3.52. The van der Waals surface area contributed by atoms with E-state index >= 15 is 0 Å². The molecule has 0 radical (unpaired) electrons. The van der Waals surface area contributed by atoms with E-state index in [4.69, 9.17) is 0 Å². The zero-order chi connectivity index (χ0) is 9.14. The first-order chi connectivity index (χ1) is 5.66. The molecule has 0 amide bonds. The maximum atomic E-state index is 11.6. The van der Waals surface area contributed by atoms with Gasteiger partial charge < -0.3 is 0 Å². The summed E-state index contributed by atoms with van der Waals surface area (Å²) in [4.78, 5) is 1.01. The van der Waals surface area contributed by atoms with Gasteiger partial charge in [0.2, 0.25) is 0 Å². The van der Waals surface area contributed by atoms with Crippen LogP contribution in [0.2, 0.25) is 0 Å². The second kappa shape index (κ2) is 3.85. The van der Waals surface area contributed by atoms with Gasteiger partial charge in [-0.15, -0.1) is 0 Å². The van der Waals surface area contributed by atoms with Crippen molar-refractivity contribution in [3.05, 3.63) is 29.3 Å². The molecule has 1 nitrogen and oxygen atoms in total. The van der Waals surface area contributed by atoms with E-state index < -0.39 is 10.8 Å². The molecular formula is C10H14OS. The highest BCUT2D eigenvalue weighted by atomic mass is 32.2. The van der Waals surface area contributed by atoms with Gasteiger partial charge in [0, 0.05) is 10.6 Å². The smallest absolute Gasteiger partial charge is 0.0532 e. The lowest BCUT2D eigenvalue weighted by molar-refractivity contribution is 0.683. The van der Waals surface area contributed by atoms with Crippen molar-refractivity contribution < 1.29 is 4.21 Å². The Bertz CT molecular complexity index is 284. The number of hydrogen-bond acceptors (Lipinski definition) is 1. The first-order valence-electron chi connectivity index (χ1n) is 4.11. The highest BCUT2D eigenvalue weighted by Gasteiger charge is 2.06. The van der Waals surface area contributed by atoms with Crippen LogP contribution >= 0.6 is 0 Å². The van der Waals surface area contributed by atoms with Gasteiger partial charge in [-0.1, -0.05) is 25.1 Å². The van der Waals surface area contributed by atoms with Gasteiger partial charge in [-0.3, -0.25) is 4.21 Å². The van der Waals surface area contributed by atoms with Crippen molar-refractivity contribution >= 4 is 10.8 Å². The maximum Gasteiger partial charge on any atom is 0.0532 e. The minimum Gasteiger partial charge on any atom is -0.254 e. The molecular weight excluding hydrogens is 168 g/mol. The zero-order valence-electron chi connectivity index (χ0n) is 7.76. The Morgan fingerprint density at radius 2 is 1.75 bits per heavy atom. The normalized spacial score (nSPS) is 12.9. The monoisotopic (exact) mass is 182 g/mol. The van der Waals surface area contributed by atoms with Crippen molar-refractivity contribution in [1.29, 1.82) is 0 Å². The van der Waals surface area contributed by atoms with Gasteiger partial charge in [-0.25, -0.2) is 0 Å². The summed E-state index contributed by atoms with van der Waals surface area (Å²) in [7, 11) is -0.814. The minimum absolute atomic E-state index is 0.700. The molecule has 0 aromatic heterocycles. The molecule has 0 heterocycles. The average molecular weight is 182 g/mol. The summed E-state index contributed by atoms with van der Waals surface area (Å²) < 4.78 is 11.6. The quantitative estimate of drug-likeness (QED) is 0.686. The van der Waals surface area contributed by atoms with Crippen LogP contribution in [0.4, 0.5) is 0 Å². The summed E-state index contributed by atoms with van der Waals surface area (Å²) in [5.74, 6) is 0.700. The van der Waals surface area contributed by atoms with E-state index in [1.165, 1.54) is 0 Å². The summed E-state index contributed by atoms with van der Waals surface area (Å²) in [6, 6.07) is 6.02. The van der Waals surface area contributed by atoms with Crippen molar-refractivity contribution in [2.24, 2.45) is 0 Å². The lowest BCUT2D eigenvalue weighted by atomic mass is 10.2. The molecule has 12 heavy (non-hydrogen) atoms. The Labute approximate surface area is 76.3 Å². The summed E-state index contributed by atoms with van der Waals surface area (Å²) in [5.41, 5.74) is 2.27. The molecule has 1 aromatic carbocycles. The van der Waals surface area contributed by atoms with Gasteiger partial charge in [0.15, 0.2) is 0 Å². The molecule has 2 heteroatoms. The number of aryl methyl sites for hydroxylation is 2. The number of benzene rings is 1. The predicted octanol–water partition coefficient (Wildman–Crippen LogP) is 2.43. The molecule has 0 saturated carbocycles. The summed E-state index contributed by atoms with van der Waals surface area (Å²) >= 11 is 0. The minimum atomic E-state index is -0.814. The first-order valence-corrected chi connectivity index (χ1v) is 5.43. The highest BCUT2D eigenvalue weighted by molar-refractivity contribution is 7.85. The summed E-state index contributed by atoms with van der Waals surface area (Å²) in [6.07, 6.45) is 0. The van der Waals surface area contributed by atoms with Gasteiger partial charge >= 0.3 is 0 Å². The van der Waals surface area contributed by atoms with Gasteiger partial charge in [0.05, 0.1) is 10.8 Å². The van der Waals surface area contributed by atoms with Crippen molar-refractivity contribution in [1.82, 2.24) is 0 Å². The molecule has 0 bridgehead atoms. The van der Waals surface area contributed by atoms with E-state index in [1.807, 2.05) is 39.0 Å². The maximum absolute atomic E-state index is 11.6. The Kier molecular flexibility index (Phi) is 3.04. The van der Waals surface area contributed by atoms with Crippen LogP contribution in [0.25, 0.3) is 0 Å². The second-order valence-corrected chi connectivity index (χ2v) is 4.53. The molecule has 0 spiro atoms. The fourth-order valence-corrected chi connectivity index (χ4v) is 2.45. The molecule has 0 aliphatic heterocycles. The third kappa shape index (κ3) is 1.75. The van der Waals surface area contributed by atoms with Crippen LogP contribution in [0.1, 0.15) is 18.1 Å². The predicted molar refractivity (Wildman–Crippen MR) is 52.9 cm³/mol. The third-order valence-electron chi connectivity index (χ3n) is 1.90. The Balaban J connectivity index is 3.21. The largest absolute Gasteiger partial charge is 0.254 e. The van der Waals surface area contributed by atoms with Crippen LogP contribution in [-0.4, -0.2) is 9.96 Å². The Morgan fingerprint density at radius 1 is 1.25 bits per heavy atom. The number of hydrogen-bond donors (Lipinski definition) is 0. The molecule has 0 saturated heterocycles. The first kappa shape index (κ1) is 9.46. The average Bonchev–Trinajstić information content (AvgIpc) is 2.03. The van der Waals surface area contributed by atoms with E-state index in [1.54, 1.807) is 0 Å². The molecule has 1 atom stereocenters. The standard InChI is InChI=1S/C10H14OS/c1-4-12(11)10-8(2)6-5-7-9(10)3/h5-7H,4H2,1-3H3. The van der Waals surface area contributed by atoms with Gasteiger partial charge in [0.1, 0.15) is 0 Å². The fraction of sp³-hybridized carbons (Fsp3) is 0.400. The number of rotatable bonds is 2. The van der Waals surface area contributed by atoms with Crippen LogP contribution in [0.3, 0.4) is 0 Å². The van der Waals surface area contributed by atoms with E-state index in [2.05, 4.69) is 0 Å². The Morgan fingerprint density at radius 3 is 2.17 bits per heavy atom. The lowest BCUT2D eigenvalue weighted by Crippen LogP contribution is -1.99. The zero-order valence-corrected chi connectivity index (χ0v) is 8.57. The molecule has 66 valence electrons. The van der Waals surface area contributed by atoms with Gasteiger partial charge in [-0.2, -0.15) is 0 Å². The van der Waals surface area contributed by atoms with E-state index in [9.17, 15) is 4.21 Å². The fourth-order valence-electron chi connectivity index (χ4n) is 1.30. The SMILES string of the molecule is CCS(=O)c1c(C)cccc1C. The van der Waals surface area contributed by atoms with Crippen molar-refractivity contribution in [2.45, 2.75) is 25.7 Å². The van der Waals surface area contributed by atoms with Crippen LogP contribution in [-0.2, 0) is 10.8 Å². The van der Waals surface area contributed by atoms with Crippen molar-refractivity contribution in [3.8, 4) is 0 Å². The van der Waals surface area contributed by atoms with Gasteiger partial charge in [-0.05, 0) is 25.0 Å². The molecule has 1 unspecified atom stereocenters. The molecule has 1 aromatic rings. The van der Waals surface area contributed by atoms with Crippen LogP contribution < -0.4 is 0 Å². The Hall–Kier alpha value is -0.630. The topological polar surface area (TPSA) is 17.1 Å². The molecule has 0 fully saturated rings. The molecule has 0 aliphatic carbocycles. The molecule has 0 aliphatic rings. The van der Waals surface area contributed by atoms with Crippen LogP contribution in [0.5, 0.6) is 0 Å². The van der Waals surface area contributed by atoms with E-state index in [0.717, 1.165) is 16.0 Å². The molecule has 0 N–H and O–H groups in total. The van der Waals surface area contributed by atoms with Crippen molar-refractivity contribution in [3.63, 3.8) is 0 Å². The lowest BCUT2D eigenvalue weighted by Gasteiger charge is -2.06. The highest BCUT2D eigenvalue weighted by Crippen LogP contribution is 2.17. The van der Waals surface area contributed by atoms with Crippen LogP contribution in [0.15, 0.2) is 23.1 Å². The van der Waals surface area contributed by atoms with E-state index in [0.29, 0.717) is 5.75 Å². The van der Waals surface area contributed by atoms with Crippen molar-refractivity contribution in [2.75, 3.05) is 5.75 Å². The van der Waals surface area contributed by atoms with Crippen LogP contribution in [0, 0.1) is 13.8 Å². The van der Waals surface area contributed by atoms with E-state index in [-0.39, 0.29) is 0 Å². The summed E-state index contributed by atoms with van der Waals surface area (Å²) in [6.45, 7) is 5.97.